The van der Waals surface area contributed by atoms with E-state index < -0.39 is 5.82 Å². The number of carbonyl (C=O) groups excluding carboxylic acids is 1. The van der Waals surface area contributed by atoms with E-state index >= 15 is 0 Å². The van der Waals surface area contributed by atoms with Gasteiger partial charge in [0.15, 0.2) is 11.6 Å². The number of hydrogen-bond donors (Lipinski definition) is 1. The van der Waals surface area contributed by atoms with Crippen molar-refractivity contribution in [2.24, 2.45) is 0 Å². The van der Waals surface area contributed by atoms with E-state index in [2.05, 4.69) is 15.3 Å². The van der Waals surface area contributed by atoms with Gasteiger partial charge in [0.05, 0.1) is 6.54 Å². The summed E-state index contributed by atoms with van der Waals surface area (Å²) in [5, 5.41) is 2.66. The van der Waals surface area contributed by atoms with E-state index in [1.54, 1.807) is 19.2 Å². The topological polar surface area (TPSA) is 58.1 Å². The molecule has 2 aromatic heterocycles. The van der Waals surface area contributed by atoms with Gasteiger partial charge in [-0.2, -0.15) is 0 Å². The van der Waals surface area contributed by atoms with Crippen LogP contribution in [0.15, 0.2) is 36.5 Å². The van der Waals surface area contributed by atoms with Crippen LogP contribution >= 0.6 is 0 Å². The maximum atomic E-state index is 13.5. The van der Waals surface area contributed by atoms with E-state index in [0.29, 0.717) is 5.82 Å². The second-order valence-corrected chi connectivity index (χ2v) is 4.38. The molecule has 0 bridgehead atoms. The lowest BCUT2D eigenvalue weighted by atomic mass is 10.3. The zero-order chi connectivity index (χ0) is 14.5. The molecule has 1 N–H and O–H groups in total. The Morgan fingerprint density at radius 3 is 2.85 bits per heavy atom. The molecule has 5 nitrogen and oxygen atoms in total. The number of amides is 1. The van der Waals surface area contributed by atoms with Gasteiger partial charge in [0, 0.05) is 18.9 Å². The van der Waals surface area contributed by atoms with E-state index in [9.17, 15) is 9.18 Å². The Bertz CT molecular complexity index is 618. The number of hydrogen-bond acceptors (Lipinski definition) is 4. The van der Waals surface area contributed by atoms with Crippen LogP contribution in [0.4, 0.5) is 16.0 Å². The van der Waals surface area contributed by atoms with Crippen molar-refractivity contribution in [1.29, 1.82) is 0 Å². The summed E-state index contributed by atoms with van der Waals surface area (Å²) in [6.45, 7) is 1.83. The van der Waals surface area contributed by atoms with Crippen molar-refractivity contribution >= 4 is 17.5 Å². The lowest BCUT2D eigenvalue weighted by Gasteiger charge is -2.17. The average Bonchev–Trinajstić information content (AvgIpc) is 2.38. The summed E-state index contributed by atoms with van der Waals surface area (Å²) < 4.78 is 13.5. The highest BCUT2D eigenvalue weighted by Crippen LogP contribution is 2.13. The molecule has 0 aliphatic heterocycles. The largest absolute Gasteiger partial charge is 0.348 e. The zero-order valence-electron chi connectivity index (χ0n) is 11.3. The molecular formula is C14H15FN4O. The Morgan fingerprint density at radius 1 is 1.35 bits per heavy atom. The molecule has 20 heavy (non-hydrogen) atoms. The zero-order valence-corrected chi connectivity index (χ0v) is 11.3. The van der Waals surface area contributed by atoms with Crippen molar-refractivity contribution < 1.29 is 9.18 Å². The van der Waals surface area contributed by atoms with Crippen LogP contribution in [0.3, 0.4) is 0 Å². The molecule has 6 heteroatoms. The average molecular weight is 274 g/mol. The Balaban J connectivity index is 2.00. The molecule has 2 rings (SSSR count). The molecule has 0 saturated heterocycles. The third-order valence-corrected chi connectivity index (χ3v) is 2.64. The third kappa shape index (κ3) is 3.50. The first-order valence-corrected chi connectivity index (χ1v) is 6.11. The number of pyridine rings is 2. The molecule has 0 spiro atoms. The smallest absolute Gasteiger partial charge is 0.245 e. The van der Waals surface area contributed by atoms with Crippen LogP contribution in [0.1, 0.15) is 5.69 Å². The van der Waals surface area contributed by atoms with E-state index in [-0.39, 0.29) is 18.3 Å². The highest BCUT2D eigenvalue weighted by Gasteiger charge is 2.12. The molecule has 0 aromatic carbocycles. The van der Waals surface area contributed by atoms with Gasteiger partial charge in [-0.25, -0.2) is 14.4 Å². The molecule has 2 aromatic rings. The van der Waals surface area contributed by atoms with Gasteiger partial charge in [-0.15, -0.1) is 0 Å². The molecule has 104 valence electrons. The Morgan fingerprint density at radius 2 is 2.15 bits per heavy atom. The SMILES string of the molecule is Cc1cccc(NC(=O)CN(C)c2ncccc2F)n1. The second kappa shape index (κ2) is 6.10. The predicted molar refractivity (Wildman–Crippen MR) is 75.1 cm³/mol. The predicted octanol–water partition coefficient (Wildman–Crippen LogP) is 2.00. The molecule has 0 aliphatic rings. The summed E-state index contributed by atoms with van der Waals surface area (Å²) in [6.07, 6.45) is 1.48. The van der Waals surface area contributed by atoms with Crippen molar-refractivity contribution in [3.8, 4) is 0 Å². The molecular weight excluding hydrogens is 259 g/mol. The molecule has 0 fully saturated rings. The van der Waals surface area contributed by atoms with Gasteiger partial charge in [-0.3, -0.25) is 4.79 Å². The molecule has 0 unspecified atom stereocenters. The summed E-state index contributed by atoms with van der Waals surface area (Å²) in [7, 11) is 1.61. The number of likely N-dealkylation sites (N-methyl/N-ethyl adjacent to an activating group) is 1. The van der Waals surface area contributed by atoms with Gasteiger partial charge in [-0.05, 0) is 31.2 Å². The minimum atomic E-state index is -0.462. The van der Waals surface area contributed by atoms with Gasteiger partial charge < -0.3 is 10.2 Å². The quantitative estimate of drug-likeness (QED) is 0.926. The minimum Gasteiger partial charge on any atom is -0.348 e. The molecule has 0 radical (unpaired) electrons. The van der Waals surface area contributed by atoms with E-state index in [0.717, 1.165) is 5.69 Å². The van der Waals surface area contributed by atoms with Crippen LogP contribution in [0, 0.1) is 12.7 Å². The fourth-order valence-corrected chi connectivity index (χ4v) is 1.74. The fraction of sp³-hybridized carbons (Fsp3) is 0.214. The fourth-order valence-electron chi connectivity index (χ4n) is 1.74. The number of nitrogens with one attached hydrogen (secondary N) is 1. The van der Waals surface area contributed by atoms with Crippen LogP contribution in [-0.2, 0) is 4.79 Å². The monoisotopic (exact) mass is 274 g/mol. The van der Waals surface area contributed by atoms with Gasteiger partial charge in [0.2, 0.25) is 5.91 Å². The maximum absolute atomic E-state index is 13.5. The van der Waals surface area contributed by atoms with Gasteiger partial charge in [0.25, 0.3) is 0 Å². The van der Waals surface area contributed by atoms with Gasteiger partial charge in [-0.1, -0.05) is 6.07 Å². The van der Waals surface area contributed by atoms with Gasteiger partial charge in [0.1, 0.15) is 5.82 Å². The first kappa shape index (κ1) is 13.9. The Kier molecular flexibility index (Phi) is 4.24. The number of aryl methyl sites for hydroxylation is 1. The van der Waals surface area contributed by atoms with E-state index in [1.807, 2.05) is 13.0 Å². The minimum absolute atomic E-state index is 0.0104. The molecule has 2 heterocycles. The van der Waals surface area contributed by atoms with Gasteiger partial charge >= 0.3 is 0 Å². The van der Waals surface area contributed by atoms with Crippen molar-refractivity contribution in [2.45, 2.75) is 6.92 Å². The number of aromatic nitrogens is 2. The lowest BCUT2D eigenvalue weighted by Crippen LogP contribution is -2.31. The molecule has 0 aliphatic carbocycles. The van der Waals surface area contributed by atoms with E-state index in [1.165, 1.54) is 23.2 Å². The van der Waals surface area contributed by atoms with E-state index in [4.69, 9.17) is 0 Å². The van der Waals surface area contributed by atoms with Crippen LogP contribution in [0.2, 0.25) is 0 Å². The first-order valence-electron chi connectivity index (χ1n) is 6.11. The van der Waals surface area contributed by atoms with Crippen LogP contribution in [0.5, 0.6) is 0 Å². The van der Waals surface area contributed by atoms with Crippen LogP contribution < -0.4 is 10.2 Å². The molecule has 0 saturated carbocycles. The highest BCUT2D eigenvalue weighted by molar-refractivity contribution is 5.93. The number of nitrogens with zero attached hydrogens (tertiary/aromatic N) is 3. The Labute approximate surface area is 116 Å². The first-order chi connectivity index (χ1) is 9.56. The summed E-state index contributed by atoms with van der Waals surface area (Å²) in [6, 6.07) is 8.15. The second-order valence-electron chi connectivity index (χ2n) is 4.38. The van der Waals surface area contributed by atoms with Crippen molar-refractivity contribution in [2.75, 3.05) is 23.8 Å². The highest BCUT2D eigenvalue weighted by atomic mass is 19.1. The number of halogens is 1. The number of rotatable bonds is 4. The molecule has 0 atom stereocenters. The summed E-state index contributed by atoms with van der Waals surface area (Å²) in [5.74, 6) is -0.128. The third-order valence-electron chi connectivity index (χ3n) is 2.64. The molecule has 1 amide bonds. The lowest BCUT2D eigenvalue weighted by molar-refractivity contribution is -0.114. The normalized spacial score (nSPS) is 10.2. The van der Waals surface area contributed by atoms with Crippen molar-refractivity contribution in [3.05, 3.63) is 48.0 Å². The van der Waals surface area contributed by atoms with Crippen LogP contribution in [0.25, 0.3) is 0 Å². The maximum Gasteiger partial charge on any atom is 0.245 e. The summed E-state index contributed by atoms with van der Waals surface area (Å²) in [5.41, 5.74) is 0.812. The van der Waals surface area contributed by atoms with Crippen molar-refractivity contribution in [3.63, 3.8) is 0 Å². The van der Waals surface area contributed by atoms with Crippen LogP contribution in [-0.4, -0.2) is 29.5 Å². The number of carbonyl (C=O) groups is 1. The van der Waals surface area contributed by atoms with Crippen molar-refractivity contribution in [1.82, 2.24) is 9.97 Å². The standard InChI is InChI=1S/C14H15FN4O/c1-10-5-3-7-12(17-10)18-13(20)9-19(2)14-11(15)6-4-8-16-14/h3-8H,9H2,1-2H3,(H,17,18,20). The summed E-state index contributed by atoms with van der Waals surface area (Å²) >= 11 is 0. The number of anilines is 2. The Hall–Kier alpha value is -2.50. The summed E-state index contributed by atoms with van der Waals surface area (Å²) in [4.78, 5) is 21.4.